The van der Waals surface area contributed by atoms with Crippen LogP contribution in [0.5, 0.6) is 0 Å². The number of benzene rings is 1. The molecule has 0 unspecified atom stereocenters. The van der Waals surface area contributed by atoms with E-state index in [1.54, 1.807) is 11.8 Å². The fraction of sp³-hybridized carbons (Fsp3) is 0.267. The van der Waals surface area contributed by atoms with Crippen molar-refractivity contribution >= 4 is 23.9 Å². The Morgan fingerprint density at radius 1 is 1.36 bits per heavy atom. The molecule has 22 heavy (non-hydrogen) atoms. The first-order valence-corrected chi connectivity index (χ1v) is 8.14. The summed E-state index contributed by atoms with van der Waals surface area (Å²) < 4.78 is 0. The van der Waals surface area contributed by atoms with E-state index in [4.69, 9.17) is 5.11 Å². The highest BCUT2D eigenvalue weighted by molar-refractivity contribution is 7.98. The van der Waals surface area contributed by atoms with E-state index < -0.39 is 12.0 Å². The van der Waals surface area contributed by atoms with E-state index in [-0.39, 0.29) is 5.56 Å². The van der Waals surface area contributed by atoms with Gasteiger partial charge >= 0.3 is 5.97 Å². The molecule has 0 fully saturated rings. The summed E-state index contributed by atoms with van der Waals surface area (Å²) in [6.07, 6.45) is 3.68. The smallest absolute Gasteiger partial charge is 0.328 e. The van der Waals surface area contributed by atoms with Crippen LogP contribution in [-0.2, 0) is 4.79 Å². The van der Waals surface area contributed by atoms with Gasteiger partial charge in [0, 0.05) is 11.8 Å². The Hall–Kier alpha value is -2.28. The lowest BCUT2D eigenvalue weighted by Crippen LogP contribution is -2.19. The number of carboxylic acid groups (broad SMARTS) is 1. The largest absolute Gasteiger partial charge is 0.480 e. The summed E-state index contributed by atoms with van der Waals surface area (Å²) in [4.78, 5) is 27.1. The Labute approximate surface area is 131 Å². The predicted molar refractivity (Wildman–Crippen MR) is 88.9 cm³/mol. The highest BCUT2D eigenvalue weighted by Gasteiger charge is 2.16. The van der Waals surface area contributed by atoms with Crippen molar-refractivity contribution in [3.05, 3.63) is 46.2 Å². The number of nitrogens with one attached hydrogen (secondary N) is 2. The van der Waals surface area contributed by atoms with Gasteiger partial charge in [-0.1, -0.05) is 30.3 Å². The SMILES string of the molecule is CSCC[C@H](N=Cc1c(-c2ccccc2)[nH][nH]c1=O)C(=O)O. The number of H-pyrrole nitrogens is 2. The molecule has 116 valence electrons. The molecule has 1 aromatic heterocycles. The molecule has 6 nitrogen and oxygen atoms in total. The van der Waals surface area contributed by atoms with Crippen molar-refractivity contribution < 1.29 is 9.90 Å². The second-order valence-electron chi connectivity index (χ2n) is 4.65. The fourth-order valence-corrected chi connectivity index (χ4v) is 2.44. The normalized spacial score (nSPS) is 12.6. The molecule has 2 aromatic rings. The fourth-order valence-electron chi connectivity index (χ4n) is 1.98. The van der Waals surface area contributed by atoms with Crippen molar-refractivity contribution in [1.82, 2.24) is 10.2 Å². The van der Waals surface area contributed by atoms with Crippen molar-refractivity contribution in [3.63, 3.8) is 0 Å². The molecule has 0 bridgehead atoms. The average molecular weight is 319 g/mol. The van der Waals surface area contributed by atoms with Crippen LogP contribution in [0, 0.1) is 0 Å². The Bertz CT molecular complexity index is 706. The van der Waals surface area contributed by atoms with Crippen LogP contribution < -0.4 is 5.56 Å². The highest BCUT2D eigenvalue weighted by atomic mass is 32.2. The highest BCUT2D eigenvalue weighted by Crippen LogP contribution is 2.17. The first-order valence-electron chi connectivity index (χ1n) is 6.74. The minimum Gasteiger partial charge on any atom is -0.480 e. The van der Waals surface area contributed by atoms with Crippen LogP contribution in [0.2, 0.25) is 0 Å². The molecular weight excluding hydrogens is 302 g/mol. The summed E-state index contributed by atoms with van der Waals surface area (Å²) in [5.41, 5.74) is 1.44. The molecule has 0 aliphatic carbocycles. The Kier molecular flexibility index (Phi) is 5.60. The van der Waals surface area contributed by atoms with Gasteiger partial charge in [-0.3, -0.25) is 20.0 Å². The first-order chi connectivity index (χ1) is 10.6. The zero-order valence-corrected chi connectivity index (χ0v) is 12.9. The van der Waals surface area contributed by atoms with Crippen LogP contribution in [0.3, 0.4) is 0 Å². The zero-order chi connectivity index (χ0) is 15.9. The van der Waals surface area contributed by atoms with Crippen molar-refractivity contribution in [1.29, 1.82) is 0 Å². The van der Waals surface area contributed by atoms with Crippen LogP contribution in [-0.4, -0.2) is 45.5 Å². The van der Waals surface area contributed by atoms with Crippen LogP contribution in [0.4, 0.5) is 0 Å². The summed E-state index contributed by atoms with van der Waals surface area (Å²) in [7, 11) is 0. The number of carboxylic acids is 1. The van der Waals surface area contributed by atoms with Crippen molar-refractivity contribution in [3.8, 4) is 11.3 Å². The third kappa shape index (κ3) is 3.88. The number of rotatable bonds is 7. The van der Waals surface area contributed by atoms with Gasteiger partial charge in [0.15, 0.2) is 0 Å². The topological polar surface area (TPSA) is 98.3 Å². The van der Waals surface area contributed by atoms with Crippen LogP contribution in [0.15, 0.2) is 40.1 Å². The molecule has 0 radical (unpaired) electrons. The van der Waals surface area contributed by atoms with E-state index in [0.29, 0.717) is 23.4 Å². The van der Waals surface area contributed by atoms with E-state index in [1.807, 2.05) is 36.6 Å². The number of aromatic nitrogens is 2. The third-order valence-corrected chi connectivity index (χ3v) is 3.79. The van der Waals surface area contributed by atoms with Gasteiger partial charge in [0.05, 0.1) is 11.3 Å². The summed E-state index contributed by atoms with van der Waals surface area (Å²) in [5, 5.41) is 14.5. The second kappa shape index (κ2) is 7.65. The molecule has 0 saturated heterocycles. The molecule has 2 rings (SSSR count). The summed E-state index contributed by atoms with van der Waals surface area (Å²) in [5.74, 6) is -0.290. The quantitative estimate of drug-likeness (QED) is 0.680. The molecule has 1 heterocycles. The molecule has 0 spiro atoms. The van der Waals surface area contributed by atoms with Crippen molar-refractivity contribution in [2.75, 3.05) is 12.0 Å². The van der Waals surface area contributed by atoms with Crippen LogP contribution >= 0.6 is 11.8 Å². The van der Waals surface area contributed by atoms with E-state index in [9.17, 15) is 9.59 Å². The number of hydrogen-bond acceptors (Lipinski definition) is 4. The molecule has 0 aliphatic heterocycles. The summed E-state index contributed by atoms with van der Waals surface area (Å²) in [6, 6.07) is 8.48. The second-order valence-corrected chi connectivity index (χ2v) is 5.63. The van der Waals surface area contributed by atoms with Gasteiger partial charge in [-0.2, -0.15) is 11.8 Å². The number of carbonyl (C=O) groups is 1. The van der Waals surface area contributed by atoms with Gasteiger partial charge < -0.3 is 5.11 Å². The van der Waals surface area contributed by atoms with Gasteiger partial charge in [0.25, 0.3) is 5.56 Å². The lowest BCUT2D eigenvalue weighted by Gasteiger charge is -2.05. The number of hydrogen-bond donors (Lipinski definition) is 3. The van der Waals surface area contributed by atoms with Crippen molar-refractivity contribution in [2.45, 2.75) is 12.5 Å². The molecule has 0 saturated carbocycles. The van der Waals surface area contributed by atoms with Crippen LogP contribution in [0.1, 0.15) is 12.0 Å². The Balaban J connectivity index is 2.29. The lowest BCUT2D eigenvalue weighted by molar-refractivity contribution is -0.138. The number of thioether (sulfide) groups is 1. The van der Waals surface area contributed by atoms with Gasteiger partial charge in [0.1, 0.15) is 6.04 Å². The molecule has 7 heteroatoms. The van der Waals surface area contributed by atoms with Crippen LogP contribution in [0.25, 0.3) is 11.3 Å². The minimum absolute atomic E-state index is 0.323. The molecule has 0 aliphatic rings. The number of aliphatic imine (C=N–C) groups is 1. The molecule has 3 N–H and O–H groups in total. The monoisotopic (exact) mass is 319 g/mol. The number of aromatic amines is 2. The summed E-state index contributed by atoms with van der Waals surface area (Å²) >= 11 is 1.56. The van der Waals surface area contributed by atoms with E-state index in [0.717, 1.165) is 5.56 Å². The zero-order valence-electron chi connectivity index (χ0n) is 12.1. The molecule has 0 amide bonds. The van der Waals surface area contributed by atoms with E-state index >= 15 is 0 Å². The predicted octanol–water partition coefficient (Wildman–Crippen LogP) is 2.00. The molecular formula is C15H17N3O3S. The first kappa shape index (κ1) is 16.1. The van der Waals surface area contributed by atoms with E-state index in [1.165, 1.54) is 6.21 Å². The Morgan fingerprint density at radius 3 is 2.73 bits per heavy atom. The average Bonchev–Trinajstić information content (AvgIpc) is 2.89. The maximum absolute atomic E-state index is 11.9. The lowest BCUT2D eigenvalue weighted by atomic mass is 10.1. The maximum atomic E-state index is 11.9. The molecule has 1 aromatic carbocycles. The third-order valence-electron chi connectivity index (χ3n) is 3.14. The molecule has 1 atom stereocenters. The minimum atomic E-state index is -0.987. The van der Waals surface area contributed by atoms with Gasteiger partial charge in [-0.25, -0.2) is 4.79 Å². The standard InChI is InChI=1S/C15H17N3O3S/c1-22-8-7-12(15(20)21)16-9-11-13(17-18-14(11)19)10-5-3-2-4-6-10/h2-6,9,12H,7-8H2,1H3,(H,20,21)(H2,17,18,19)/t12-/m0/s1. The van der Waals surface area contributed by atoms with Gasteiger partial charge in [-0.15, -0.1) is 0 Å². The van der Waals surface area contributed by atoms with Gasteiger partial charge in [0.2, 0.25) is 0 Å². The Morgan fingerprint density at radius 2 is 2.09 bits per heavy atom. The summed E-state index contributed by atoms with van der Waals surface area (Å²) in [6.45, 7) is 0. The maximum Gasteiger partial charge on any atom is 0.328 e. The van der Waals surface area contributed by atoms with Crippen molar-refractivity contribution in [2.24, 2.45) is 4.99 Å². The van der Waals surface area contributed by atoms with Gasteiger partial charge in [-0.05, 0) is 18.4 Å². The van der Waals surface area contributed by atoms with E-state index in [2.05, 4.69) is 15.2 Å². The number of nitrogens with zero attached hydrogens (tertiary/aromatic N) is 1. The number of aliphatic carboxylic acids is 1.